The van der Waals surface area contributed by atoms with E-state index in [9.17, 15) is 0 Å². The molecule has 0 atom stereocenters. The van der Waals surface area contributed by atoms with Gasteiger partial charge in [-0.1, -0.05) is 70.9 Å². The molecule has 0 saturated heterocycles. The standard InChI is InChI=1S/C17H15Br.2ClH.Zr/c1-2-12-10-13-6-5-8-14(16(13)11-12)15-7-3-4-9-17(15)18;;;/h3-9,11H,2,10H2,1H3;2*1H;/q;;;+2/p-2. The Morgan fingerprint density at radius 1 is 1.05 bits per heavy atom. The van der Waals surface area contributed by atoms with Crippen LogP contribution < -0.4 is 0 Å². The number of hydrogen-bond donors (Lipinski definition) is 0. The first-order valence-electron chi connectivity index (χ1n) is 6.73. The zero-order valence-electron chi connectivity index (χ0n) is 11.7. The molecule has 3 rings (SSSR count). The van der Waals surface area contributed by atoms with Crippen LogP contribution in [0.4, 0.5) is 0 Å². The summed E-state index contributed by atoms with van der Waals surface area (Å²) in [7, 11) is 9.87. The molecule has 0 aromatic heterocycles. The van der Waals surface area contributed by atoms with Gasteiger partial charge in [-0.2, -0.15) is 0 Å². The number of fused-ring (bicyclic) bond motifs is 1. The van der Waals surface area contributed by atoms with Gasteiger partial charge < -0.3 is 0 Å². The van der Waals surface area contributed by atoms with Gasteiger partial charge in [-0.15, -0.1) is 0 Å². The average molecular weight is 461 g/mol. The van der Waals surface area contributed by atoms with Gasteiger partial charge in [0.2, 0.25) is 0 Å². The van der Waals surface area contributed by atoms with Crippen LogP contribution >= 0.6 is 33.0 Å². The van der Waals surface area contributed by atoms with Gasteiger partial charge in [0.25, 0.3) is 0 Å². The molecule has 0 heterocycles. The van der Waals surface area contributed by atoms with E-state index in [1.807, 2.05) is 0 Å². The van der Waals surface area contributed by atoms with Crippen LogP contribution in [0.3, 0.4) is 0 Å². The molecule has 0 spiro atoms. The first-order chi connectivity index (χ1) is 10.2. The fourth-order valence-electron chi connectivity index (χ4n) is 2.58. The fourth-order valence-corrected chi connectivity index (χ4v) is 3.08. The van der Waals surface area contributed by atoms with Crippen LogP contribution in [0.25, 0.3) is 17.2 Å². The van der Waals surface area contributed by atoms with Crippen molar-refractivity contribution in [1.82, 2.24) is 0 Å². The van der Waals surface area contributed by atoms with Crippen molar-refractivity contribution in [2.24, 2.45) is 0 Å². The number of hydrogen-bond acceptors (Lipinski definition) is 0. The third-order valence-corrected chi connectivity index (χ3v) is 4.27. The first kappa shape index (κ1) is 17.5. The summed E-state index contributed by atoms with van der Waals surface area (Å²) in [6.07, 6.45) is 4.62. The van der Waals surface area contributed by atoms with E-state index in [1.54, 1.807) is 0 Å². The van der Waals surface area contributed by atoms with Crippen molar-refractivity contribution in [3.05, 3.63) is 63.6 Å². The van der Waals surface area contributed by atoms with Gasteiger partial charge in [0.05, 0.1) is 0 Å². The number of benzene rings is 2. The molecule has 0 unspecified atom stereocenters. The van der Waals surface area contributed by atoms with Crippen LogP contribution in [-0.4, -0.2) is 0 Å². The molecule has 0 amide bonds. The Kier molecular flexibility index (Phi) is 7.22. The maximum atomic E-state index is 4.93. The van der Waals surface area contributed by atoms with Crippen molar-refractivity contribution in [2.45, 2.75) is 19.8 Å². The summed E-state index contributed by atoms with van der Waals surface area (Å²) in [5.74, 6) is 0. The third-order valence-electron chi connectivity index (χ3n) is 3.58. The Morgan fingerprint density at radius 3 is 2.38 bits per heavy atom. The molecule has 0 bridgehead atoms. The predicted octanol–water partition coefficient (Wildman–Crippen LogP) is 6.84. The minimum absolute atomic E-state index is 0.826. The molecular weight excluding hydrogens is 446 g/mol. The molecule has 0 aliphatic heterocycles. The Morgan fingerprint density at radius 2 is 1.71 bits per heavy atom. The Hall–Kier alpha value is 0.123. The number of allylic oxidation sites excluding steroid dienone is 1. The average Bonchev–Trinajstić information content (AvgIpc) is 2.92. The van der Waals surface area contributed by atoms with Gasteiger partial charge in [-0.3, -0.25) is 0 Å². The second-order valence-electron chi connectivity index (χ2n) is 4.76. The second-order valence-corrected chi connectivity index (χ2v) is 9.35. The molecule has 0 N–H and O–H groups in total. The van der Waals surface area contributed by atoms with Gasteiger partial charge in [0.15, 0.2) is 0 Å². The summed E-state index contributed by atoms with van der Waals surface area (Å²) < 4.78 is 1.16. The molecule has 21 heavy (non-hydrogen) atoms. The third kappa shape index (κ3) is 4.32. The zero-order chi connectivity index (χ0) is 15.2. The van der Waals surface area contributed by atoms with Crippen molar-refractivity contribution >= 4 is 39.0 Å². The van der Waals surface area contributed by atoms with E-state index in [4.69, 9.17) is 17.0 Å². The molecule has 1 aliphatic carbocycles. The molecule has 0 nitrogen and oxygen atoms in total. The minimum atomic E-state index is -0.826. The number of halogens is 3. The van der Waals surface area contributed by atoms with Gasteiger partial charge in [0, 0.05) is 4.47 Å². The van der Waals surface area contributed by atoms with Crippen LogP contribution in [0.2, 0.25) is 0 Å². The zero-order valence-corrected chi connectivity index (χ0v) is 17.2. The summed E-state index contributed by atoms with van der Waals surface area (Å²) in [6.45, 7) is 2.23. The van der Waals surface area contributed by atoms with Crippen molar-refractivity contribution in [3.63, 3.8) is 0 Å². The summed E-state index contributed by atoms with van der Waals surface area (Å²) in [4.78, 5) is 0. The van der Waals surface area contributed by atoms with Crippen LogP contribution in [0.15, 0.2) is 52.5 Å². The molecule has 0 fully saturated rings. The molecular formula is C17H15BrCl2Zr. The molecule has 1 aliphatic rings. The van der Waals surface area contributed by atoms with E-state index >= 15 is 0 Å². The van der Waals surface area contributed by atoms with Crippen molar-refractivity contribution in [2.75, 3.05) is 0 Å². The number of rotatable bonds is 2. The van der Waals surface area contributed by atoms with E-state index in [2.05, 4.69) is 71.4 Å². The van der Waals surface area contributed by atoms with Crippen molar-refractivity contribution in [1.29, 1.82) is 0 Å². The first-order valence-corrected chi connectivity index (χ1v) is 13.9. The van der Waals surface area contributed by atoms with Gasteiger partial charge in [-0.05, 0) is 41.2 Å². The summed E-state index contributed by atoms with van der Waals surface area (Å²) >= 11 is 2.83. The Labute approximate surface area is 153 Å². The summed E-state index contributed by atoms with van der Waals surface area (Å²) in [5, 5.41) is 0. The molecule has 4 heteroatoms. The molecule has 2 aromatic rings. The topological polar surface area (TPSA) is 0 Å². The van der Waals surface area contributed by atoms with E-state index in [-0.39, 0.29) is 0 Å². The van der Waals surface area contributed by atoms with Crippen LogP contribution in [0, 0.1) is 0 Å². The van der Waals surface area contributed by atoms with Gasteiger partial charge in [-0.25, -0.2) is 0 Å². The quantitative estimate of drug-likeness (QED) is 0.459. The fraction of sp³-hybridized carbons (Fsp3) is 0.176. The Bertz CT molecular complexity index is 653. The maximum absolute atomic E-state index is 4.93. The Balaban J connectivity index is 0.000000497. The SMILES string of the molecule is CCC1=Cc2c(cccc2-c2ccccc2Br)C1.[Cl][Zr][Cl]. The summed E-state index contributed by atoms with van der Waals surface area (Å²) in [6, 6.07) is 15.1. The second kappa shape index (κ2) is 8.68. The van der Waals surface area contributed by atoms with E-state index < -0.39 is 20.8 Å². The van der Waals surface area contributed by atoms with Crippen LogP contribution in [0.1, 0.15) is 24.5 Å². The van der Waals surface area contributed by atoms with Gasteiger partial charge >= 0.3 is 37.9 Å². The van der Waals surface area contributed by atoms with Crippen molar-refractivity contribution in [3.8, 4) is 11.1 Å². The summed E-state index contributed by atoms with van der Waals surface area (Å²) in [5.41, 5.74) is 7.01. The van der Waals surface area contributed by atoms with Crippen LogP contribution in [0.5, 0.6) is 0 Å². The van der Waals surface area contributed by atoms with E-state index in [0.29, 0.717) is 0 Å². The molecule has 2 aromatic carbocycles. The normalized spacial score (nSPS) is 12.1. The predicted molar refractivity (Wildman–Crippen MR) is 93.3 cm³/mol. The molecule has 0 saturated carbocycles. The van der Waals surface area contributed by atoms with Crippen molar-refractivity contribution < 1.29 is 20.8 Å². The van der Waals surface area contributed by atoms with Gasteiger partial charge in [0.1, 0.15) is 0 Å². The van der Waals surface area contributed by atoms with E-state index in [0.717, 1.165) is 17.3 Å². The van der Waals surface area contributed by atoms with Crippen LogP contribution in [-0.2, 0) is 27.3 Å². The molecule has 108 valence electrons. The van der Waals surface area contributed by atoms with E-state index in [1.165, 1.54) is 27.8 Å². The monoisotopic (exact) mass is 458 g/mol. The molecule has 0 radical (unpaired) electrons.